The molecular weight excluding hydrogens is 182 g/mol. The van der Waals surface area contributed by atoms with E-state index in [0.29, 0.717) is 6.61 Å². The van der Waals surface area contributed by atoms with Crippen LogP contribution in [0.5, 0.6) is 0 Å². The van der Waals surface area contributed by atoms with Crippen LogP contribution in [-0.2, 0) is 4.74 Å². The van der Waals surface area contributed by atoms with Crippen LogP contribution >= 0.6 is 0 Å². The van der Waals surface area contributed by atoms with E-state index in [1.807, 2.05) is 4.90 Å². The zero-order valence-electron chi connectivity index (χ0n) is 8.77. The predicted molar refractivity (Wildman–Crippen MR) is 54.6 cm³/mol. The average Bonchev–Trinajstić information content (AvgIpc) is 2.17. The van der Waals surface area contributed by atoms with Crippen molar-refractivity contribution in [1.29, 1.82) is 0 Å². The van der Waals surface area contributed by atoms with Crippen molar-refractivity contribution in [3.8, 4) is 0 Å². The first-order chi connectivity index (χ1) is 6.72. The largest absolute Gasteiger partial charge is 0.448 e. The Labute approximate surface area is 84.3 Å². The fourth-order valence-electron chi connectivity index (χ4n) is 1.23. The van der Waals surface area contributed by atoms with Crippen molar-refractivity contribution >= 4 is 12.4 Å². The average molecular weight is 199 g/mol. The van der Waals surface area contributed by atoms with Gasteiger partial charge in [0.1, 0.15) is 0 Å². The molecular formula is C9H17N3O2. The third kappa shape index (κ3) is 3.74. The molecule has 0 aromatic heterocycles. The van der Waals surface area contributed by atoms with Gasteiger partial charge in [0.25, 0.3) is 0 Å². The number of carbonyl (C=O) groups is 1. The number of nitrogens with zero attached hydrogens (tertiary/aromatic N) is 3. The fourth-order valence-corrected chi connectivity index (χ4v) is 1.23. The van der Waals surface area contributed by atoms with Gasteiger partial charge in [0.2, 0.25) is 0 Å². The lowest BCUT2D eigenvalue weighted by atomic mass is 10.4. The van der Waals surface area contributed by atoms with E-state index in [2.05, 4.69) is 21.7 Å². The van der Waals surface area contributed by atoms with E-state index in [4.69, 9.17) is 0 Å². The van der Waals surface area contributed by atoms with Crippen LogP contribution in [0, 0.1) is 0 Å². The number of rotatable bonds is 2. The summed E-state index contributed by atoms with van der Waals surface area (Å²) in [6.45, 7) is 5.99. The number of hydrogen-bond donors (Lipinski definition) is 0. The molecule has 1 fully saturated rings. The van der Waals surface area contributed by atoms with Gasteiger partial charge in [-0.15, -0.1) is 0 Å². The van der Waals surface area contributed by atoms with Gasteiger partial charge in [0.05, 0.1) is 12.9 Å². The van der Waals surface area contributed by atoms with Crippen LogP contribution in [0.1, 0.15) is 6.92 Å². The second-order valence-electron chi connectivity index (χ2n) is 3.28. The van der Waals surface area contributed by atoms with Crippen molar-refractivity contribution < 1.29 is 9.53 Å². The van der Waals surface area contributed by atoms with E-state index >= 15 is 0 Å². The smallest absolute Gasteiger partial charge is 0.434 e. The number of carbonyl (C=O) groups excluding carboxylic acids is 1. The first-order valence-electron chi connectivity index (χ1n) is 4.86. The number of amides is 1. The summed E-state index contributed by atoms with van der Waals surface area (Å²) in [4.78, 5) is 18.8. The molecule has 0 aliphatic carbocycles. The molecule has 5 nitrogen and oxygen atoms in total. The van der Waals surface area contributed by atoms with Crippen LogP contribution in [0.3, 0.4) is 0 Å². The second-order valence-corrected chi connectivity index (χ2v) is 3.28. The lowest BCUT2D eigenvalue weighted by Gasteiger charge is -2.30. The van der Waals surface area contributed by atoms with E-state index in [1.54, 1.807) is 13.3 Å². The molecule has 1 saturated heterocycles. The number of aliphatic imine (C=N–C) groups is 1. The molecule has 0 saturated carbocycles. The molecule has 5 heteroatoms. The molecule has 0 unspecified atom stereocenters. The number of hydrogen-bond acceptors (Lipinski definition) is 3. The topological polar surface area (TPSA) is 45.1 Å². The fraction of sp³-hybridized carbons (Fsp3) is 0.778. The quantitative estimate of drug-likeness (QED) is 0.477. The summed E-state index contributed by atoms with van der Waals surface area (Å²) in [5, 5.41) is 0. The molecule has 1 aliphatic rings. The van der Waals surface area contributed by atoms with Gasteiger partial charge >= 0.3 is 6.09 Å². The highest BCUT2D eigenvalue weighted by Gasteiger charge is 2.10. The molecule has 0 spiro atoms. The minimum absolute atomic E-state index is 0.374. The first-order valence-corrected chi connectivity index (χ1v) is 4.86. The van der Waals surface area contributed by atoms with Gasteiger partial charge in [-0.05, 0) is 14.0 Å². The van der Waals surface area contributed by atoms with E-state index < -0.39 is 6.09 Å². The molecule has 1 heterocycles. The van der Waals surface area contributed by atoms with E-state index in [9.17, 15) is 4.79 Å². The van der Waals surface area contributed by atoms with Gasteiger partial charge in [-0.3, -0.25) is 0 Å². The Morgan fingerprint density at radius 3 is 2.64 bits per heavy atom. The first kappa shape index (κ1) is 11.0. The SMILES string of the molecule is CCOC(=O)N=CN1CCN(C)CC1. The maximum atomic E-state index is 10.9. The number of ether oxygens (including phenoxy) is 1. The summed E-state index contributed by atoms with van der Waals surface area (Å²) < 4.78 is 4.68. The monoisotopic (exact) mass is 199 g/mol. The summed E-state index contributed by atoms with van der Waals surface area (Å²) in [5.74, 6) is 0. The highest BCUT2D eigenvalue weighted by atomic mass is 16.5. The molecule has 0 N–H and O–H groups in total. The lowest BCUT2D eigenvalue weighted by Crippen LogP contribution is -2.43. The normalized spacial score (nSPS) is 18.9. The Morgan fingerprint density at radius 2 is 2.07 bits per heavy atom. The van der Waals surface area contributed by atoms with Crippen LogP contribution in [0.25, 0.3) is 0 Å². The summed E-state index contributed by atoms with van der Waals surface area (Å²) in [7, 11) is 2.08. The Balaban J connectivity index is 2.26. The molecule has 1 aliphatic heterocycles. The molecule has 1 rings (SSSR count). The molecule has 14 heavy (non-hydrogen) atoms. The lowest BCUT2D eigenvalue weighted by molar-refractivity contribution is 0.162. The third-order valence-corrected chi connectivity index (χ3v) is 2.13. The van der Waals surface area contributed by atoms with Crippen molar-refractivity contribution in [2.75, 3.05) is 39.8 Å². The van der Waals surface area contributed by atoms with Crippen molar-refractivity contribution in [2.24, 2.45) is 4.99 Å². The zero-order valence-corrected chi connectivity index (χ0v) is 8.77. The summed E-state index contributed by atoms with van der Waals surface area (Å²) >= 11 is 0. The molecule has 0 aromatic carbocycles. The van der Waals surface area contributed by atoms with Crippen molar-refractivity contribution in [3.05, 3.63) is 0 Å². The van der Waals surface area contributed by atoms with Crippen LogP contribution in [0.4, 0.5) is 4.79 Å². The number of likely N-dealkylation sites (N-methyl/N-ethyl adjacent to an activating group) is 1. The van der Waals surface area contributed by atoms with Crippen molar-refractivity contribution in [2.45, 2.75) is 6.92 Å². The van der Waals surface area contributed by atoms with Crippen LogP contribution in [0.15, 0.2) is 4.99 Å². The van der Waals surface area contributed by atoms with E-state index in [1.165, 1.54) is 0 Å². The van der Waals surface area contributed by atoms with Gasteiger partial charge in [-0.2, -0.15) is 4.99 Å². The number of piperazine rings is 1. The van der Waals surface area contributed by atoms with Gasteiger partial charge in [0, 0.05) is 26.2 Å². The minimum atomic E-state index is -0.508. The maximum Gasteiger partial charge on any atom is 0.434 e. The van der Waals surface area contributed by atoms with Gasteiger partial charge in [0.15, 0.2) is 0 Å². The van der Waals surface area contributed by atoms with Crippen LogP contribution in [-0.4, -0.2) is 62.1 Å². The highest BCUT2D eigenvalue weighted by Crippen LogP contribution is 1.96. The zero-order chi connectivity index (χ0) is 10.4. The van der Waals surface area contributed by atoms with Gasteiger partial charge in [-0.1, -0.05) is 0 Å². The third-order valence-electron chi connectivity index (χ3n) is 2.13. The molecule has 0 bridgehead atoms. The summed E-state index contributed by atoms with van der Waals surface area (Å²) in [5.41, 5.74) is 0. The van der Waals surface area contributed by atoms with Crippen LogP contribution in [0.2, 0.25) is 0 Å². The van der Waals surface area contributed by atoms with Crippen molar-refractivity contribution in [3.63, 3.8) is 0 Å². The minimum Gasteiger partial charge on any atom is -0.448 e. The van der Waals surface area contributed by atoms with Gasteiger partial charge in [-0.25, -0.2) is 4.79 Å². The van der Waals surface area contributed by atoms with E-state index in [-0.39, 0.29) is 0 Å². The molecule has 0 radical (unpaired) electrons. The van der Waals surface area contributed by atoms with E-state index in [0.717, 1.165) is 26.2 Å². The van der Waals surface area contributed by atoms with Crippen molar-refractivity contribution in [1.82, 2.24) is 9.80 Å². The standard InChI is InChI=1S/C9H17N3O2/c1-3-14-9(13)10-8-12-6-4-11(2)5-7-12/h8H,3-7H2,1-2H3. The molecule has 1 amide bonds. The molecule has 0 atom stereocenters. The Bertz CT molecular complexity index is 210. The maximum absolute atomic E-state index is 10.9. The van der Waals surface area contributed by atoms with Crippen LogP contribution < -0.4 is 0 Å². The summed E-state index contributed by atoms with van der Waals surface area (Å²) in [6.07, 6.45) is 1.07. The second kappa shape index (κ2) is 5.59. The van der Waals surface area contributed by atoms with Gasteiger partial charge < -0.3 is 14.5 Å². The predicted octanol–water partition coefficient (Wildman–Crippen LogP) is 0.419. The highest BCUT2D eigenvalue weighted by molar-refractivity contribution is 5.78. The Kier molecular flexibility index (Phi) is 4.39. The molecule has 80 valence electrons. The molecule has 0 aromatic rings. The Morgan fingerprint density at radius 1 is 1.43 bits per heavy atom. The summed E-state index contributed by atoms with van der Waals surface area (Å²) in [6, 6.07) is 0. The Hall–Kier alpha value is -1.10.